The van der Waals surface area contributed by atoms with E-state index in [4.69, 9.17) is 0 Å². The molecule has 0 saturated heterocycles. The summed E-state index contributed by atoms with van der Waals surface area (Å²) >= 11 is 0. The van der Waals surface area contributed by atoms with Crippen LogP contribution in [-0.4, -0.2) is 0 Å². The van der Waals surface area contributed by atoms with Gasteiger partial charge < -0.3 is 0 Å². The van der Waals surface area contributed by atoms with E-state index < -0.39 is 0 Å². The normalized spacial score (nSPS) is 13.6. The molecule has 0 aliphatic heterocycles. The molecule has 0 amide bonds. The highest BCUT2D eigenvalue weighted by Gasteiger charge is 2.27. The Morgan fingerprint density at radius 2 is 1.62 bits per heavy atom. The van der Waals surface area contributed by atoms with E-state index in [1.54, 1.807) is 0 Å². The Balaban J connectivity index is 0.00000191. The monoisotopic (exact) mass is 284 g/mol. The molecule has 0 aromatic heterocycles. The Hall–Kier alpha value is -1.56. The Morgan fingerprint density at radius 3 is 2.00 bits per heavy atom. The number of allylic oxidation sites excluding steroid dienone is 5. The summed E-state index contributed by atoms with van der Waals surface area (Å²) in [7, 11) is 0. The van der Waals surface area contributed by atoms with Crippen molar-refractivity contribution in [3.63, 3.8) is 0 Å². The molecule has 0 saturated carbocycles. The molecule has 0 N–H and O–H groups in total. The first-order valence-electron chi connectivity index (χ1n) is 7.99. The minimum atomic E-state index is 0.0292. The predicted molar refractivity (Wildman–Crippen MR) is 97.9 cm³/mol. The maximum Gasteiger partial charge on any atom is 0.0171 e. The molecular weight excluding hydrogens is 252 g/mol. The van der Waals surface area contributed by atoms with Gasteiger partial charge in [0, 0.05) is 5.41 Å². The molecule has 116 valence electrons. The molecule has 0 spiro atoms. The van der Waals surface area contributed by atoms with Crippen LogP contribution < -0.4 is 0 Å². The summed E-state index contributed by atoms with van der Waals surface area (Å²) in [5.41, 5.74) is 5.27. The third-order valence-electron chi connectivity index (χ3n) is 3.85. The van der Waals surface area contributed by atoms with E-state index in [0.717, 1.165) is 6.42 Å². The molecule has 1 rings (SSSR count). The van der Waals surface area contributed by atoms with Gasteiger partial charge in [0.15, 0.2) is 0 Å². The first kappa shape index (κ1) is 19.4. The molecule has 1 atom stereocenters. The largest absolute Gasteiger partial charge is 0.0988 e. The Bertz CT molecular complexity index is 481. The van der Waals surface area contributed by atoms with Crippen molar-refractivity contribution in [3.8, 4) is 0 Å². The van der Waals surface area contributed by atoms with Crippen LogP contribution in [-0.2, 0) is 5.41 Å². The van der Waals surface area contributed by atoms with Crippen LogP contribution in [0.4, 0.5) is 0 Å². The SMILES string of the molecule is C=C/C(=C\C=C(C)C)C(C)(CC)c1ccc(C)cc1.CC. The standard InChI is InChI=1S/C19H26.C2H6/c1-7-17(12-9-15(3)4)19(6,8-2)18-13-10-16(5)11-14-18;1-2/h7,9-14H,1,8H2,2-6H3;1-2H3/b17-12+;. The van der Waals surface area contributed by atoms with Gasteiger partial charge in [-0.05, 0) is 38.3 Å². The van der Waals surface area contributed by atoms with Crippen molar-refractivity contribution in [2.45, 2.75) is 60.3 Å². The fraction of sp³-hybridized carbons (Fsp3) is 0.429. The van der Waals surface area contributed by atoms with Crippen molar-refractivity contribution in [3.05, 3.63) is 71.3 Å². The molecular formula is C21H32. The lowest BCUT2D eigenvalue weighted by Gasteiger charge is -2.30. The zero-order valence-electron chi connectivity index (χ0n) is 15.0. The Kier molecular flexibility index (Phi) is 8.69. The van der Waals surface area contributed by atoms with Crippen molar-refractivity contribution in [2.75, 3.05) is 0 Å². The van der Waals surface area contributed by atoms with E-state index in [1.165, 1.54) is 22.3 Å². The molecule has 0 nitrogen and oxygen atoms in total. The highest BCUT2D eigenvalue weighted by molar-refractivity contribution is 5.42. The van der Waals surface area contributed by atoms with Crippen molar-refractivity contribution in [1.29, 1.82) is 0 Å². The first-order chi connectivity index (χ1) is 9.93. The second kappa shape index (κ2) is 9.39. The van der Waals surface area contributed by atoms with E-state index in [9.17, 15) is 0 Å². The first-order valence-corrected chi connectivity index (χ1v) is 7.99. The zero-order chi connectivity index (χ0) is 16.5. The van der Waals surface area contributed by atoms with Crippen LogP contribution >= 0.6 is 0 Å². The van der Waals surface area contributed by atoms with Crippen molar-refractivity contribution in [1.82, 2.24) is 0 Å². The van der Waals surface area contributed by atoms with Crippen LogP contribution in [0, 0.1) is 6.92 Å². The molecule has 1 aromatic carbocycles. The highest BCUT2D eigenvalue weighted by atomic mass is 14.3. The predicted octanol–water partition coefficient (Wildman–Crippen LogP) is 6.77. The van der Waals surface area contributed by atoms with Gasteiger partial charge in [0.05, 0.1) is 0 Å². The van der Waals surface area contributed by atoms with Gasteiger partial charge in [-0.1, -0.05) is 87.9 Å². The lowest BCUT2D eigenvalue weighted by atomic mass is 9.73. The van der Waals surface area contributed by atoms with E-state index in [0.29, 0.717) is 0 Å². The van der Waals surface area contributed by atoms with Crippen molar-refractivity contribution < 1.29 is 0 Å². The molecule has 0 fully saturated rings. The lowest BCUT2D eigenvalue weighted by molar-refractivity contribution is 0.548. The van der Waals surface area contributed by atoms with Gasteiger partial charge in [0.2, 0.25) is 0 Å². The fourth-order valence-electron chi connectivity index (χ4n) is 2.23. The van der Waals surface area contributed by atoms with E-state index in [2.05, 4.69) is 77.6 Å². The summed E-state index contributed by atoms with van der Waals surface area (Å²) < 4.78 is 0. The zero-order valence-corrected chi connectivity index (χ0v) is 15.0. The summed E-state index contributed by atoms with van der Waals surface area (Å²) in [6, 6.07) is 8.84. The molecule has 0 heterocycles. The summed E-state index contributed by atoms with van der Waals surface area (Å²) in [5, 5.41) is 0. The number of rotatable bonds is 5. The lowest BCUT2D eigenvalue weighted by Crippen LogP contribution is -2.22. The third-order valence-corrected chi connectivity index (χ3v) is 3.85. The number of benzene rings is 1. The number of hydrogen-bond acceptors (Lipinski definition) is 0. The van der Waals surface area contributed by atoms with Crippen LogP contribution in [0.15, 0.2) is 60.2 Å². The average Bonchev–Trinajstić information content (AvgIpc) is 2.49. The van der Waals surface area contributed by atoms with Crippen LogP contribution in [0.5, 0.6) is 0 Å². The molecule has 0 aliphatic carbocycles. The van der Waals surface area contributed by atoms with Crippen LogP contribution in [0.25, 0.3) is 0 Å². The van der Waals surface area contributed by atoms with Gasteiger partial charge in [0.1, 0.15) is 0 Å². The molecule has 21 heavy (non-hydrogen) atoms. The van der Waals surface area contributed by atoms with E-state index >= 15 is 0 Å². The van der Waals surface area contributed by atoms with Gasteiger partial charge in [-0.3, -0.25) is 0 Å². The van der Waals surface area contributed by atoms with Crippen LogP contribution in [0.1, 0.15) is 59.1 Å². The van der Waals surface area contributed by atoms with Crippen LogP contribution in [0.3, 0.4) is 0 Å². The highest BCUT2D eigenvalue weighted by Crippen LogP contribution is 2.36. The van der Waals surface area contributed by atoms with Crippen molar-refractivity contribution >= 4 is 0 Å². The number of aryl methyl sites for hydroxylation is 1. The summed E-state index contributed by atoms with van der Waals surface area (Å²) in [4.78, 5) is 0. The average molecular weight is 284 g/mol. The van der Waals surface area contributed by atoms with Gasteiger partial charge in [-0.15, -0.1) is 0 Å². The van der Waals surface area contributed by atoms with E-state index in [-0.39, 0.29) is 5.41 Å². The van der Waals surface area contributed by atoms with Gasteiger partial charge in [-0.25, -0.2) is 0 Å². The molecule has 0 bridgehead atoms. The van der Waals surface area contributed by atoms with E-state index in [1.807, 2.05) is 19.9 Å². The Morgan fingerprint density at radius 1 is 1.10 bits per heavy atom. The van der Waals surface area contributed by atoms with Crippen molar-refractivity contribution in [2.24, 2.45) is 0 Å². The van der Waals surface area contributed by atoms with Gasteiger partial charge in [0.25, 0.3) is 0 Å². The minimum Gasteiger partial charge on any atom is -0.0988 e. The second-order valence-corrected chi connectivity index (χ2v) is 5.62. The molecule has 1 aromatic rings. The summed E-state index contributed by atoms with van der Waals surface area (Å²) in [6.45, 7) is 18.9. The summed E-state index contributed by atoms with van der Waals surface area (Å²) in [5.74, 6) is 0. The molecule has 1 unspecified atom stereocenters. The second-order valence-electron chi connectivity index (χ2n) is 5.62. The quantitative estimate of drug-likeness (QED) is 0.523. The fourth-order valence-corrected chi connectivity index (χ4v) is 2.23. The van der Waals surface area contributed by atoms with Crippen LogP contribution in [0.2, 0.25) is 0 Å². The smallest absolute Gasteiger partial charge is 0.0171 e. The van der Waals surface area contributed by atoms with Gasteiger partial charge >= 0.3 is 0 Å². The third kappa shape index (κ3) is 5.38. The minimum absolute atomic E-state index is 0.0292. The summed E-state index contributed by atoms with van der Waals surface area (Å²) in [6.07, 6.45) is 7.41. The molecule has 0 aliphatic rings. The topological polar surface area (TPSA) is 0 Å². The van der Waals surface area contributed by atoms with Gasteiger partial charge in [-0.2, -0.15) is 0 Å². The number of hydrogen-bond donors (Lipinski definition) is 0. The maximum absolute atomic E-state index is 4.00. The maximum atomic E-state index is 4.00. The molecule has 0 heteroatoms. The Labute approximate surface area is 132 Å². The molecule has 0 radical (unpaired) electrons.